The first-order valence-corrected chi connectivity index (χ1v) is 11.5. The Balaban J connectivity index is 1.35. The second-order valence-corrected chi connectivity index (χ2v) is 9.12. The summed E-state index contributed by atoms with van der Waals surface area (Å²) in [5, 5.41) is 5.24. The molecule has 4 aromatic rings. The Bertz CT molecular complexity index is 1650. The van der Waals surface area contributed by atoms with Crippen molar-refractivity contribution in [2.24, 2.45) is 0 Å². The predicted octanol–water partition coefficient (Wildman–Crippen LogP) is 3.19. The van der Waals surface area contributed by atoms with Crippen molar-refractivity contribution in [2.75, 3.05) is 19.0 Å². The number of halogens is 2. The maximum Gasteiger partial charge on any atom is 0.257 e. The van der Waals surface area contributed by atoms with Gasteiger partial charge in [0, 0.05) is 25.2 Å². The topological polar surface area (TPSA) is 127 Å². The lowest BCUT2D eigenvalue weighted by atomic mass is 9.82. The number of hydrogen-bond acceptors (Lipinski definition) is 8. The summed E-state index contributed by atoms with van der Waals surface area (Å²) in [6.45, 7) is -0.174. The average molecular weight is 519 g/mol. The molecule has 1 fully saturated rings. The van der Waals surface area contributed by atoms with Crippen LogP contribution in [0.15, 0.2) is 53.2 Å². The van der Waals surface area contributed by atoms with E-state index in [-0.39, 0.29) is 36.6 Å². The number of rotatable bonds is 6. The number of carbonyl (C=O) groups is 3. The molecule has 3 amide bonds. The molecule has 2 aliphatic rings. The molecule has 6 rings (SSSR count). The van der Waals surface area contributed by atoms with E-state index < -0.39 is 34.8 Å². The maximum absolute atomic E-state index is 14.9. The van der Waals surface area contributed by atoms with E-state index in [1.165, 1.54) is 36.4 Å². The summed E-state index contributed by atoms with van der Waals surface area (Å²) in [6.07, 6.45) is 2.24. The molecule has 0 unspecified atom stereocenters. The molecule has 3 aromatic heterocycles. The van der Waals surface area contributed by atoms with Crippen LogP contribution in [0.1, 0.15) is 28.1 Å². The van der Waals surface area contributed by atoms with Crippen LogP contribution >= 0.6 is 0 Å². The normalized spacial score (nSPS) is 18.7. The molecule has 0 bridgehead atoms. The zero-order chi connectivity index (χ0) is 26.6. The summed E-state index contributed by atoms with van der Waals surface area (Å²) in [5.74, 6) is -2.63. The van der Waals surface area contributed by atoms with Crippen molar-refractivity contribution >= 4 is 40.3 Å². The number of benzene rings is 1. The van der Waals surface area contributed by atoms with Crippen molar-refractivity contribution in [3.63, 3.8) is 0 Å². The van der Waals surface area contributed by atoms with Crippen LogP contribution in [0.25, 0.3) is 11.1 Å². The summed E-state index contributed by atoms with van der Waals surface area (Å²) >= 11 is 0. The molecule has 0 aliphatic carbocycles. The van der Waals surface area contributed by atoms with Crippen LogP contribution in [-0.4, -0.2) is 46.2 Å². The van der Waals surface area contributed by atoms with Gasteiger partial charge in [-0.25, -0.2) is 13.8 Å². The summed E-state index contributed by atoms with van der Waals surface area (Å²) in [4.78, 5) is 48.2. The third-order valence-electron chi connectivity index (χ3n) is 6.71. The third-order valence-corrected chi connectivity index (χ3v) is 6.71. The number of carbonyl (C=O) groups excluding carboxylic acids is 3. The molecular formula is C26H19F2N5O5. The number of methoxy groups -OCH3 is 1. The summed E-state index contributed by atoms with van der Waals surface area (Å²) in [7, 11) is 1.30. The summed E-state index contributed by atoms with van der Waals surface area (Å²) in [6, 6.07) is 9.02. The Kier molecular flexibility index (Phi) is 5.33. The Morgan fingerprint density at radius 3 is 2.74 bits per heavy atom. The highest BCUT2D eigenvalue weighted by Crippen LogP contribution is 2.40. The highest BCUT2D eigenvalue weighted by Gasteiger charge is 2.53. The number of hydrogen-bond donors (Lipinski definition) is 2. The van der Waals surface area contributed by atoms with Crippen molar-refractivity contribution in [3.8, 4) is 5.75 Å². The number of anilines is 2. The molecule has 1 saturated heterocycles. The van der Waals surface area contributed by atoms with Gasteiger partial charge in [0.1, 0.15) is 28.3 Å². The number of aromatic nitrogens is 2. The average Bonchev–Trinajstić information content (AvgIpc) is 3.53. The van der Waals surface area contributed by atoms with Gasteiger partial charge in [0.2, 0.25) is 11.8 Å². The minimum Gasteiger partial charge on any atom is -0.494 e. The van der Waals surface area contributed by atoms with Gasteiger partial charge in [-0.1, -0.05) is 6.07 Å². The minimum atomic E-state index is -1.55. The lowest BCUT2D eigenvalue weighted by Crippen LogP contribution is -2.46. The highest BCUT2D eigenvalue weighted by atomic mass is 19.1. The van der Waals surface area contributed by atoms with Gasteiger partial charge in [-0.15, -0.1) is 0 Å². The van der Waals surface area contributed by atoms with E-state index in [4.69, 9.17) is 9.15 Å². The van der Waals surface area contributed by atoms with Crippen molar-refractivity contribution in [2.45, 2.75) is 18.4 Å². The van der Waals surface area contributed by atoms with Gasteiger partial charge in [-0.2, -0.15) is 0 Å². The molecule has 0 radical (unpaired) electrons. The molecule has 10 nitrogen and oxygen atoms in total. The third kappa shape index (κ3) is 3.72. The van der Waals surface area contributed by atoms with Crippen molar-refractivity contribution < 1.29 is 32.3 Å². The fraction of sp³-hybridized carbons (Fsp3) is 0.192. The predicted molar refractivity (Wildman–Crippen MR) is 129 cm³/mol. The van der Waals surface area contributed by atoms with E-state index in [9.17, 15) is 23.2 Å². The van der Waals surface area contributed by atoms with Gasteiger partial charge in [0.05, 0.1) is 37.2 Å². The largest absolute Gasteiger partial charge is 0.494 e. The van der Waals surface area contributed by atoms with Crippen molar-refractivity contribution in [1.82, 2.24) is 20.2 Å². The molecule has 0 spiro atoms. The zero-order valence-electron chi connectivity index (χ0n) is 19.9. The second kappa shape index (κ2) is 8.61. The Morgan fingerprint density at radius 1 is 1.16 bits per heavy atom. The van der Waals surface area contributed by atoms with Gasteiger partial charge < -0.3 is 19.4 Å². The smallest absolute Gasteiger partial charge is 0.257 e. The monoisotopic (exact) mass is 519 g/mol. The second-order valence-electron chi connectivity index (χ2n) is 9.12. The van der Waals surface area contributed by atoms with Gasteiger partial charge in [-0.3, -0.25) is 24.7 Å². The van der Waals surface area contributed by atoms with Crippen LogP contribution in [0.5, 0.6) is 5.75 Å². The fourth-order valence-electron chi connectivity index (χ4n) is 4.91. The summed E-state index contributed by atoms with van der Waals surface area (Å²) < 4.78 is 39.3. The van der Waals surface area contributed by atoms with Gasteiger partial charge in [-0.05, 0) is 23.8 Å². The molecule has 38 heavy (non-hydrogen) atoms. The van der Waals surface area contributed by atoms with E-state index in [1.54, 1.807) is 18.2 Å². The first-order valence-electron chi connectivity index (χ1n) is 11.5. The number of amides is 3. The number of imide groups is 1. The molecule has 12 heteroatoms. The first kappa shape index (κ1) is 23.5. The van der Waals surface area contributed by atoms with Gasteiger partial charge >= 0.3 is 0 Å². The number of pyridine rings is 2. The van der Waals surface area contributed by atoms with Crippen LogP contribution < -0.4 is 15.4 Å². The van der Waals surface area contributed by atoms with Crippen molar-refractivity contribution in [3.05, 3.63) is 77.3 Å². The lowest BCUT2D eigenvalue weighted by Gasteiger charge is -2.28. The van der Waals surface area contributed by atoms with E-state index in [1.807, 2.05) is 0 Å². The number of ether oxygens (including phenoxy) is 1. The minimum absolute atomic E-state index is 0.0481. The van der Waals surface area contributed by atoms with E-state index in [2.05, 4.69) is 20.6 Å². The van der Waals surface area contributed by atoms with Gasteiger partial charge in [0.15, 0.2) is 17.1 Å². The van der Waals surface area contributed by atoms with E-state index >= 15 is 0 Å². The Hall–Kier alpha value is -4.87. The van der Waals surface area contributed by atoms with Crippen LogP contribution in [-0.2, 0) is 21.5 Å². The molecule has 1 atom stereocenters. The van der Waals surface area contributed by atoms with Crippen molar-refractivity contribution in [1.29, 1.82) is 0 Å². The molecule has 192 valence electrons. The zero-order valence-corrected chi connectivity index (χ0v) is 19.9. The van der Waals surface area contributed by atoms with Crippen LogP contribution in [0.4, 0.5) is 20.3 Å². The van der Waals surface area contributed by atoms with E-state index in [0.29, 0.717) is 28.2 Å². The molecule has 2 N–H and O–H groups in total. The van der Waals surface area contributed by atoms with Crippen LogP contribution in [0.2, 0.25) is 0 Å². The molecular weight excluding hydrogens is 500 g/mol. The number of furan rings is 1. The number of nitrogens with zero attached hydrogens (tertiary/aromatic N) is 3. The SMILES string of the molecule is COc1ccc2c(c1F)C(=O)N(C[C@@]1(c3cc4nc(Nc5cncc(F)c5)ccc4o3)CC(=O)NC1=O)C2. The molecule has 2 aliphatic heterocycles. The molecule has 1 aromatic carbocycles. The number of fused-ring (bicyclic) bond motifs is 2. The van der Waals surface area contributed by atoms with Crippen LogP contribution in [0, 0.1) is 11.6 Å². The molecule has 0 saturated carbocycles. The standard InChI is InChI=1S/C26H19F2N5O5/c1-37-18-3-2-13-11-33(24(35)22(13)23(18)28)12-26(8-21(34)32-25(26)36)19-7-16-17(38-19)4-5-20(31-16)30-15-6-14(27)9-29-10-15/h2-7,9-10H,8,11-12H2,1H3,(H,30,31)(H,32,34,36)/t26-/m1/s1. The molecule has 5 heterocycles. The lowest BCUT2D eigenvalue weighted by molar-refractivity contribution is -0.127. The quantitative estimate of drug-likeness (QED) is 0.372. The fourth-order valence-corrected chi connectivity index (χ4v) is 4.91. The van der Waals surface area contributed by atoms with Crippen LogP contribution in [0.3, 0.4) is 0 Å². The first-order chi connectivity index (χ1) is 18.3. The summed E-state index contributed by atoms with van der Waals surface area (Å²) in [5.41, 5.74) is -0.140. The Morgan fingerprint density at radius 2 is 2.00 bits per heavy atom. The van der Waals surface area contributed by atoms with Gasteiger partial charge in [0.25, 0.3) is 5.91 Å². The maximum atomic E-state index is 14.9. The number of nitrogens with one attached hydrogen (secondary N) is 2. The Labute approximate surface area is 213 Å². The van der Waals surface area contributed by atoms with E-state index in [0.717, 1.165) is 6.20 Å². The highest BCUT2D eigenvalue weighted by molar-refractivity contribution is 6.10.